The number of tetrazole rings is 1. The summed E-state index contributed by atoms with van der Waals surface area (Å²) in [5.41, 5.74) is 6.30. The number of carbonyl (C=O) groups excluding carboxylic acids is 1. The summed E-state index contributed by atoms with van der Waals surface area (Å²) in [5.74, 6) is -0.243. The third-order valence-corrected chi connectivity index (χ3v) is 5.56. The van der Waals surface area contributed by atoms with Gasteiger partial charge in [0, 0.05) is 6.54 Å². The van der Waals surface area contributed by atoms with Crippen molar-refractivity contribution >= 4 is 23.4 Å². The minimum Gasteiger partial charge on any atom is -0.384 e. The zero-order valence-electron chi connectivity index (χ0n) is 17.8. The van der Waals surface area contributed by atoms with Gasteiger partial charge in [-0.1, -0.05) is 51.6 Å². The van der Waals surface area contributed by atoms with Crippen LogP contribution in [0.15, 0.2) is 39.0 Å². The molecule has 0 aliphatic carbocycles. The summed E-state index contributed by atoms with van der Waals surface area (Å²) in [6.07, 6.45) is 0. The van der Waals surface area contributed by atoms with Gasteiger partial charge in [0.1, 0.15) is 11.4 Å². The number of Topliss-reactive ketones (excluding diaryl/α,β-unsaturated/α-hetero) is 1. The van der Waals surface area contributed by atoms with E-state index in [4.69, 9.17) is 5.73 Å². The monoisotopic (exact) mass is 443 g/mol. The van der Waals surface area contributed by atoms with E-state index in [1.807, 2.05) is 38.1 Å². The Bertz CT molecular complexity index is 1190. The van der Waals surface area contributed by atoms with E-state index in [1.54, 1.807) is 0 Å². The predicted octanol–water partition coefficient (Wildman–Crippen LogP) is 1.85. The van der Waals surface area contributed by atoms with Gasteiger partial charge >= 0.3 is 5.69 Å². The zero-order chi connectivity index (χ0) is 22.7. The summed E-state index contributed by atoms with van der Waals surface area (Å²) in [4.78, 5) is 39.3. The van der Waals surface area contributed by atoms with Gasteiger partial charge in [-0.05, 0) is 40.0 Å². The van der Waals surface area contributed by atoms with Crippen molar-refractivity contribution < 1.29 is 4.79 Å². The molecule has 1 aromatic carbocycles. The lowest BCUT2D eigenvalue weighted by Gasteiger charge is -2.13. The molecule has 0 amide bonds. The fraction of sp³-hybridized carbons (Fsp3) is 0.400. The lowest BCUT2D eigenvalue weighted by atomic mass is 10.0. The van der Waals surface area contributed by atoms with Gasteiger partial charge < -0.3 is 5.73 Å². The summed E-state index contributed by atoms with van der Waals surface area (Å²) in [6.45, 7) is 8.32. The Labute approximate surface area is 182 Å². The Hall–Kier alpha value is -3.21. The van der Waals surface area contributed by atoms with E-state index in [0.29, 0.717) is 17.6 Å². The summed E-state index contributed by atoms with van der Waals surface area (Å²) < 4.78 is 2.74. The number of thioether (sulfide) groups is 1. The van der Waals surface area contributed by atoms with E-state index in [-0.39, 0.29) is 23.1 Å². The normalized spacial score (nSPS) is 11.4. The summed E-state index contributed by atoms with van der Waals surface area (Å²) in [5, 5.41) is 12.1. The molecule has 2 heterocycles. The number of carbonyl (C=O) groups is 1. The van der Waals surface area contributed by atoms with Gasteiger partial charge in [0.2, 0.25) is 5.16 Å². The SMILES string of the molecule is CC(C)Cn1c(N)c(C(=O)CSc2nnnn2-c2ccc(C(C)C)cc2)c(=O)[nH]c1=O. The maximum Gasteiger partial charge on any atom is 0.329 e. The second-order valence-corrected chi connectivity index (χ2v) is 8.80. The van der Waals surface area contributed by atoms with Crippen LogP contribution in [0.1, 0.15) is 49.5 Å². The van der Waals surface area contributed by atoms with Gasteiger partial charge in [0.25, 0.3) is 5.56 Å². The quantitative estimate of drug-likeness (QED) is 0.397. The topological polar surface area (TPSA) is 142 Å². The molecule has 0 aliphatic rings. The van der Waals surface area contributed by atoms with E-state index in [0.717, 1.165) is 17.4 Å². The first-order valence-electron chi connectivity index (χ1n) is 9.86. The Balaban J connectivity index is 1.82. The molecule has 11 heteroatoms. The lowest BCUT2D eigenvalue weighted by molar-refractivity contribution is 0.102. The van der Waals surface area contributed by atoms with Crippen LogP contribution in [0, 0.1) is 5.92 Å². The van der Waals surface area contributed by atoms with Gasteiger partial charge in [0.15, 0.2) is 5.78 Å². The predicted molar refractivity (Wildman–Crippen MR) is 119 cm³/mol. The molecule has 3 N–H and O–H groups in total. The smallest absolute Gasteiger partial charge is 0.329 e. The number of hydrogen-bond donors (Lipinski definition) is 2. The third kappa shape index (κ3) is 4.93. The molecule has 164 valence electrons. The van der Waals surface area contributed by atoms with Crippen molar-refractivity contribution in [1.29, 1.82) is 0 Å². The number of nitrogen functional groups attached to an aromatic ring is 1. The highest BCUT2D eigenvalue weighted by Crippen LogP contribution is 2.22. The molecule has 3 aromatic rings. The van der Waals surface area contributed by atoms with Gasteiger partial charge in [-0.15, -0.1) is 5.10 Å². The lowest BCUT2D eigenvalue weighted by Crippen LogP contribution is -2.37. The van der Waals surface area contributed by atoms with Gasteiger partial charge in [0.05, 0.1) is 11.4 Å². The number of nitrogens with two attached hydrogens (primary N) is 1. The molecule has 0 spiro atoms. The summed E-state index contributed by atoms with van der Waals surface area (Å²) >= 11 is 1.08. The highest BCUT2D eigenvalue weighted by atomic mass is 32.2. The van der Waals surface area contributed by atoms with Crippen LogP contribution in [0.5, 0.6) is 0 Å². The van der Waals surface area contributed by atoms with Gasteiger partial charge in [-0.3, -0.25) is 19.1 Å². The first kappa shape index (κ1) is 22.5. The van der Waals surface area contributed by atoms with E-state index < -0.39 is 17.0 Å². The molecular weight excluding hydrogens is 418 g/mol. The number of aromatic nitrogens is 6. The third-order valence-electron chi connectivity index (χ3n) is 4.64. The average Bonchev–Trinajstić information content (AvgIpc) is 3.18. The fourth-order valence-electron chi connectivity index (χ4n) is 3.04. The molecule has 3 rings (SSSR count). The van der Waals surface area contributed by atoms with E-state index >= 15 is 0 Å². The Morgan fingerprint density at radius 3 is 2.45 bits per heavy atom. The number of H-pyrrole nitrogens is 1. The van der Waals surface area contributed by atoms with Crippen LogP contribution in [0.2, 0.25) is 0 Å². The van der Waals surface area contributed by atoms with Crippen LogP contribution >= 0.6 is 11.8 Å². The van der Waals surface area contributed by atoms with Crippen molar-refractivity contribution in [2.24, 2.45) is 5.92 Å². The highest BCUT2D eigenvalue weighted by molar-refractivity contribution is 7.99. The number of rotatable bonds is 8. The van der Waals surface area contributed by atoms with Crippen LogP contribution in [0.4, 0.5) is 5.82 Å². The number of anilines is 1. The van der Waals surface area contributed by atoms with Crippen LogP contribution in [0.3, 0.4) is 0 Å². The van der Waals surface area contributed by atoms with Crippen LogP contribution in [-0.4, -0.2) is 41.3 Å². The molecule has 0 saturated carbocycles. The van der Waals surface area contributed by atoms with Crippen molar-refractivity contribution in [3.63, 3.8) is 0 Å². The Morgan fingerprint density at radius 1 is 1.16 bits per heavy atom. The van der Waals surface area contributed by atoms with Crippen molar-refractivity contribution in [2.45, 2.75) is 45.3 Å². The number of aromatic amines is 1. The fourth-order valence-corrected chi connectivity index (χ4v) is 3.80. The highest BCUT2D eigenvalue weighted by Gasteiger charge is 2.21. The number of ketones is 1. The largest absolute Gasteiger partial charge is 0.384 e. The Morgan fingerprint density at radius 2 is 1.84 bits per heavy atom. The second kappa shape index (κ2) is 9.29. The number of benzene rings is 1. The first-order valence-corrected chi connectivity index (χ1v) is 10.8. The van der Waals surface area contributed by atoms with Gasteiger partial charge in [-0.25, -0.2) is 4.79 Å². The molecule has 0 fully saturated rings. The van der Waals surface area contributed by atoms with E-state index in [2.05, 4.69) is 34.4 Å². The summed E-state index contributed by atoms with van der Waals surface area (Å²) in [7, 11) is 0. The van der Waals surface area contributed by atoms with Crippen LogP contribution in [-0.2, 0) is 6.54 Å². The number of hydrogen-bond acceptors (Lipinski definition) is 8. The number of nitrogens with one attached hydrogen (secondary N) is 1. The molecule has 0 saturated heterocycles. The summed E-state index contributed by atoms with van der Waals surface area (Å²) in [6, 6.07) is 7.81. The van der Waals surface area contributed by atoms with E-state index in [9.17, 15) is 14.4 Å². The molecule has 0 bridgehead atoms. The standard InChI is InChI=1S/C20H25N7O3S/c1-11(2)9-26-17(21)16(18(29)22-19(26)30)15(28)10-31-20-23-24-25-27(20)14-7-5-13(6-8-14)12(3)4/h5-8,11-12H,9-10,21H2,1-4H3,(H,22,29,30). The maximum atomic E-state index is 12.8. The zero-order valence-corrected chi connectivity index (χ0v) is 18.6. The molecule has 10 nitrogen and oxygen atoms in total. The molecule has 0 aliphatic heterocycles. The number of nitrogens with zero attached hydrogens (tertiary/aromatic N) is 5. The molecule has 0 unspecified atom stereocenters. The van der Waals surface area contributed by atoms with Crippen LogP contribution in [0.25, 0.3) is 5.69 Å². The first-order chi connectivity index (χ1) is 14.7. The molecule has 2 aromatic heterocycles. The molecule has 0 atom stereocenters. The maximum absolute atomic E-state index is 12.8. The van der Waals surface area contributed by atoms with Crippen molar-refractivity contribution in [2.75, 3.05) is 11.5 Å². The minimum absolute atomic E-state index is 0.106. The van der Waals surface area contributed by atoms with Crippen molar-refractivity contribution in [1.82, 2.24) is 29.8 Å². The molecule has 31 heavy (non-hydrogen) atoms. The van der Waals surface area contributed by atoms with Crippen LogP contribution < -0.4 is 17.0 Å². The van der Waals surface area contributed by atoms with Crippen molar-refractivity contribution in [3.05, 3.63) is 56.2 Å². The minimum atomic E-state index is -0.794. The van der Waals surface area contributed by atoms with Gasteiger partial charge in [-0.2, -0.15) is 4.68 Å². The second-order valence-electron chi connectivity index (χ2n) is 7.86. The average molecular weight is 444 g/mol. The Kier molecular flexibility index (Phi) is 6.74. The molecule has 0 radical (unpaired) electrons. The van der Waals surface area contributed by atoms with Crippen molar-refractivity contribution in [3.8, 4) is 5.69 Å². The van der Waals surface area contributed by atoms with E-state index in [1.165, 1.54) is 14.8 Å². The molecular formula is C20H25N7O3S.